The van der Waals surface area contributed by atoms with Crippen molar-refractivity contribution in [3.05, 3.63) is 41.2 Å². The summed E-state index contributed by atoms with van der Waals surface area (Å²) in [5, 5.41) is 0. The Balaban J connectivity index is 1.49. The number of carbonyl (C=O) groups is 1. The van der Waals surface area contributed by atoms with Gasteiger partial charge in [-0.1, -0.05) is 36.2 Å². The maximum Gasteiger partial charge on any atom is 0.366 e. The predicted octanol–water partition coefficient (Wildman–Crippen LogP) is 3.97. The van der Waals surface area contributed by atoms with Gasteiger partial charge in [-0.25, -0.2) is 9.78 Å². The van der Waals surface area contributed by atoms with Crippen LogP contribution in [0.25, 0.3) is 11.4 Å². The SMILES string of the molecule is COC(=O)[C@]1(C)OC[C@H](CCCCc2nc(-c3ccc(C)cc3)n(C)c2C)CO1. The molecule has 0 bridgehead atoms. The number of esters is 1. The highest BCUT2D eigenvalue weighted by atomic mass is 16.7. The number of aromatic nitrogens is 2. The molecule has 6 nitrogen and oxygen atoms in total. The van der Waals surface area contributed by atoms with Gasteiger partial charge in [0.2, 0.25) is 0 Å². The first-order valence-corrected chi connectivity index (χ1v) is 10.3. The highest BCUT2D eigenvalue weighted by molar-refractivity contribution is 5.77. The van der Waals surface area contributed by atoms with Crippen molar-refractivity contribution in [3.63, 3.8) is 0 Å². The fourth-order valence-corrected chi connectivity index (χ4v) is 3.67. The quantitative estimate of drug-likeness (QED) is 0.520. The Morgan fingerprint density at radius 2 is 1.86 bits per heavy atom. The second-order valence-electron chi connectivity index (χ2n) is 8.06. The lowest BCUT2D eigenvalue weighted by Gasteiger charge is -2.35. The van der Waals surface area contributed by atoms with Crippen LogP contribution in [0.1, 0.15) is 43.1 Å². The van der Waals surface area contributed by atoms with Crippen LogP contribution in [0, 0.1) is 19.8 Å². The largest absolute Gasteiger partial charge is 0.465 e. The lowest BCUT2D eigenvalue weighted by molar-refractivity contribution is -0.272. The van der Waals surface area contributed by atoms with Crippen LogP contribution in [-0.2, 0) is 32.5 Å². The number of hydrogen-bond donors (Lipinski definition) is 0. The molecule has 0 spiro atoms. The van der Waals surface area contributed by atoms with Crippen molar-refractivity contribution in [2.45, 2.75) is 52.2 Å². The van der Waals surface area contributed by atoms with E-state index < -0.39 is 11.8 Å². The Hall–Kier alpha value is -2.18. The normalized spacial score (nSPS) is 21.9. The van der Waals surface area contributed by atoms with Crippen LogP contribution in [0.5, 0.6) is 0 Å². The second kappa shape index (κ2) is 9.09. The summed E-state index contributed by atoms with van der Waals surface area (Å²) in [5.41, 5.74) is 4.79. The fourth-order valence-electron chi connectivity index (χ4n) is 3.67. The van der Waals surface area contributed by atoms with Gasteiger partial charge in [-0.05, 0) is 33.1 Å². The van der Waals surface area contributed by atoms with E-state index in [4.69, 9.17) is 19.2 Å². The van der Waals surface area contributed by atoms with Gasteiger partial charge in [0, 0.05) is 31.1 Å². The zero-order valence-corrected chi connectivity index (χ0v) is 18.2. The summed E-state index contributed by atoms with van der Waals surface area (Å²) in [5.74, 6) is -0.414. The van der Waals surface area contributed by atoms with E-state index in [0.717, 1.165) is 42.8 Å². The standard InChI is InChI=1S/C23H32N2O4/c1-16-10-12-19(13-11-16)21-24-20(17(2)25(21)4)9-7-6-8-18-14-28-23(3,29-15-18)22(26)27-5/h10-13,18H,6-9,14-15H2,1-5H3/t18-,23+. The number of unbranched alkanes of at least 4 members (excludes halogenated alkanes) is 1. The fraction of sp³-hybridized carbons (Fsp3) is 0.565. The lowest BCUT2D eigenvalue weighted by atomic mass is 10.0. The summed E-state index contributed by atoms with van der Waals surface area (Å²) in [6, 6.07) is 8.51. The van der Waals surface area contributed by atoms with Gasteiger partial charge in [-0.2, -0.15) is 0 Å². The van der Waals surface area contributed by atoms with Gasteiger partial charge in [-0.3, -0.25) is 0 Å². The number of benzene rings is 1. The van der Waals surface area contributed by atoms with Gasteiger partial charge in [0.05, 0.1) is 26.0 Å². The molecular weight excluding hydrogens is 368 g/mol. The van der Waals surface area contributed by atoms with Crippen LogP contribution in [0.3, 0.4) is 0 Å². The van der Waals surface area contributed by atoms with Crippen LogP contribution < -0.4 is 0 Å². The van der Waals surface area contributed by atoms with Crippen LogP contribution in [0.4, 0.5) is 0 Å². The molecule has 1 saturated heterocycles. The van der Waals surface area contributed by atoms with Crippen molar-refractivity contribution in [1.29, 1.82) is 0 Å². The molecule has 2 heterocycles. The molecule has 158 valence electrons. The summed E-state index contributed by atoms with van der Waals surface area (Å²) in [7, 11) is 3.42. The lowest BCUT2D eigenvalue weighted by Crippen LogP contribution is -2.48. The number of hydrogen-bond acceptors (Lipinski definition) is 5. The van der Waals surface area contributed by atoms with Gasteiger partial charge in [0.1, 0.15) is 5.82 Å². The Bertz CT molecular complexity index is 833. The minimum atomic E-state index is -1.26. The van der Waals surface area contributed by atoms with Gasteiger partial charge in [-0.15, -0.1) is 0 Å². The molecule has 6 heteroatoms. The topological polar surface area (TPSA) is 62.6 Å². The molecule has 0 amide bonds. The number of aryl methyl sites for hydroxylation is 2. The molecule has 0 aliphatic carbocycles. The average Bonchev–Trinajstić information content (AvgIpc) is 3.01. The summed E-state index contributed by atoms with van der Waals surface area (Å²) >= 11 is 0. The zero-order valence-electron chi connectivity index (χ0n) is 18.2. The number of imidazole rings is 1. The molecule has 29 heavy (non-hydrogen) atoms. The third-order valence-electron chi connectivity index (χ3n) is 5.81. The maximum absolute atomic E-state index is 11.7. The Labute approximate surface area is 173 Å². The molecule has 2 aromatic rings. The van der Waals surface area contributed by atoms with E-state index in [2.05, 4.69) is 49.7 Å². The Morgan fingerprint density at radius 3 is 2.48 bits per heavy atom. The van der Waals surface area contributed by atoms with Crippen molar-refractivity contribution in [3.8, 4) is 11.4 Å². The third kappa shape index (κ3) is 4.87. The zero-order chi connectivity index (χ0) is 21.0. The maximum atomic E-state index is 11.7. The van der Waals surface area contributed by atoms with E-state index in [0.29, 0.717) is 19.1 Å². The summed E-state index contributed by atoms with van der Waals surface area (Å²) in [4.78, 5) is 16.6. The van der Waals surface area contributed by atoms with E-state index in [1.165, 1.54) is 18.4 Å². The van der Waals surface area contributed by atoms with Crippen molar-refractivity contribution in [1.82, 2.24) is 9.55 Å². The van der Waals surface area contributed by atoms with Crippen molar-refractivity contribution in [2.75, 3.05) is 20.3 Å². The first-order valence-electron chi connectivity index (χ1n) is 10.3. The Morgan fingerprint density at radius 1 is 1.21 bits per heavy atom. The van der Waals surface area contributed by atoms with Gasteiger partial charge in [0.25, 0.3) is 5.79 Å². The molecule has 0 atom stereocenters. The third-order valence-corrected chi connectivity index (χ3v) is 5.81. The number of rotatable bonds is 7. The van der Waals surface area contributed by atoms with E-state index in [1.54, 1.807) is 6.92 Å². The first kappa shape index (κ1) is 21.5. The molecule has 0 unspecified atom stereocenters. The number of methoxy groups -OCH3 is 1. The number of carbonyl (C=O) groups excluding carboxylic acids is 1. The van der Waals surface area contributed by atoms with Crippen molar-refractivity contribution >= 4 is 5.97 Å². The second-order valence-corrected chi connectivity index (χ2v) is 8.06. The molecule has 1 aromatic heterocycles. The minimum Gasteiger partial charge on any atom is -0.465 e. The van der Waals surface area contributed by atoms with Crippen LogP contribution >= 0.6 is 0 Å². The van der Waals surface area contributed by atoms with E-state index >= 15 is 0 Å². The molecule has 1 fully saturated rings. The number of nitrogens with zero attached hydrogens (tertiary/aromatic N) is 2. The highest BCUT2D eigenvalue weighted by Crippen LogP contribution is 2.26. The molecule has 0 N–H and O–H groups in total. The molecule has 1 aliphatic rings. The summed E-state index contributed by atoms with van der Waals surface area (Å²) in [6.45, 7) is 6.88. The Kier molecular flexibility index (Phi) is 6.75. The monoisotopic (exact) mass is 400 g/mol. The van der Waals surface area contributed by atoms with Crippen LogP contribution in [0.15, 0.2) is 24.3 Å². The summed E-state index contributed by atoms with van der Waals surface area (Å²) in [6.07, 6.45) is 4.10. The van der Waals surface area contributed by atoms with Gasteiger partial charge >= 0.3 is 5.97 Å². The molecule has 1 aliphatic heterocycles. The van der Waals surface area contributed by atoms with Crippen LogP contribution in [0.2, 0.25) is 0 Å². The first-order chi connectivity index (χ1) is 13.8. The molecule has 3 rings (SSSR count). The van der Waals surface area contributed by atoms with Crippen molar-refractivity contribution in [2.24, 2.45) is 13.0 Å². The molecule has 0 radical (unpaired) electrons. The molecule has 0 saturated carbocycles. The highest BCUT2D eigenvalue weighted by Gasteiger charge is 2.41. The van der Waals surface area contributed by atoms with E-state index in [-0.39, 0.29) is 0 Å². The van der Waals surface area contributed by atoms with E-state index in [1.807, 2.05) is 0 Å². The van der Waals surface area contributed by atoms with Gasteiger partial charge in [0.15, 0.2) is 0 Å². The van der Waals surface area contributed by atoms with Crippen LogP contribution in [-0.4, -0.2) is 41.6 Å². The smallest absolute Gasteiger partial charge is 0.366 e. The average molecular weight is 401 g/mol. The van der Waals surface area contributed by atoms with Crippen molar-refractivity contribution < 1.29 is 19.0 Å². The summed E-state index contributed by atoms with van der Waals surface area (Å²) < 4.78 is 18.2. The minimum absolute atomic E-state index is 0.306. The molecular formula is C23H32N2O4. The van der Waals surface area contributed by atoms with E-state index in [9.17, 15) is 4.79 Å². The molecule has 1 aromatic carbocycles. The predicted molar refractivity (Wildman–Crippen MR) is 111 cm³/mol. The van der Waals surface area contributed by atoms with Gasteiger partial charge < -0.3 is 18.8 Å². The number of ether oxygens (including phenoxy) is 3.